The molecule has 128 valence electrons. The molecule has 2 nitrogen and oxygen atoms in total. The summed E-state index contributed by atoms with van der Waals surface area (Å²) in [5.74, 6) is 0. The zero-order chi connectivity index (χ0) is 18.0. The quantitative estimate of drug-likeness (QED) is 0.296. The lowest BCUT2D eigenvalue weighted by Crippen LogP contribution is -1.78. The van der Waals surface area contributed by atoms with Gasteiger partial charge in [-0.05, 0) is 35.9 Å². The van der Waals surface area contributed by atoms with Crippen LogP contribution in [0.25, 0.3) is 55.0 Å². The van der Waals surface area contributed by atoms with E-state index in [1.54, 1.807) is 0 Å². The Labute approximate surface area is 159 Å². The number of fused-ring (bicyclic) bond motifs is 6. The van der Waals surface area contributed by atoms with Crippen LogP contribution in [-0.4, -0.2) is 0 Å². The van der Waals surface area contributed by atoms with Crippen molar-refractivity contribution >= 4 is 55.5 Å². The molecular formula is C24H13ClO2. The van der Waals surface area contributed by atoms with Crippen LogP contribution in [0.2, 0.25) is 5.02 Å². The molecule has 27 heavy (non-hydrogen) atoms. The molecule has 0 aliphatic rings. The number of benzene rings is 4. The first kappa shape index (κ1) is 14.9. The van der Waals surface area contributed by atoms with Gasteiger partial charge in [-0.3, -0.25) is 0 Å². The van der Waals surface area contributed by atoms with Crippen molar-refractivity contribution in [1.82, 2.24) is 0 Å². The zero-order valence-corrected chi connectivity index (χ0v) is 15.0. The highest BCUT2D eigenvalue weighted by molar-refractivity contribution is 6.31. The van der Waals surface area contributed by atoms with Crippen molar-refractivity contribution in [3.8, 4) is 11.1 Å². The molecule has 0 radical (unpaired) electrons. The number of para-hydroxylation sites is 2. The minimum Gasteiger partial charge on any atom is -0.456 e. The topological polar surface area (TPSA) is 26.3 Å². The molecule has 0 saturated carbocycles. The minimum atomic E-state index is 0.675. The first-order valence-electron chi connectivity index (χ1n) is 8.80. The summed E-state index contributed by atoms with van der Waals surface area (Å²) in [5.41, 5.74) is 5.58. The molecular weight excluding hydrogens is 356 g/mol. The average Bonchev–Trinajstić information content (AvgIpc) is 3.24. The fraction of sp³-hybridized carbons (Fsp3) is 0. The normalized spacial score (nSPS) is 11.9. The van der Waals surface area contributed by atoms with Gasteiger partial charge in [-0.25, -0.2) is 0 Å². The molecule has 0 spiro atoms. The second-order valence-corrected chi connectivity index (χ2v) is 7.17. The number of furan rings is 2. The molecule has 0 bridgehead atoms. The molecule has 0 aliphatic carbocycles. The van der Waals surface area contributed by atoms with Gasteiger partial charge in [0, 0.05) is 38.2 Å². The van der Waals surface area contributed by atoms with E-state index >= 15 is 0 Å². The summed E-state index contributed by atoms with van der Waals surface area (Å²) in [5, 5.41) is 5.09. The van der Waals surface area contributed by atoms with Crippen molar-refractivity contribution in [2.24, 2.45) is 0 Å². The first-order chi connectivity index (χ1) is 13.3. The Hall–Kier alpha value is -3.23. The van der Waals surface area contributed by atoms with E-state index < -0.39 is 0 Å². The summed E-state index contributed by atoms with van der Waals surface area (Å²) >= 11 is 6.11. The van der Waals surface area contributed by atoms with Gasteiger partial charge in [-0.1, -0.05) is 54.1 Å². The van der Waals surface area contributed by atoms with Crippen molar-refractivity contribution in [3.05, 3.63) is 83.9 Å². The maximum absolute atomic E-state index is 6.18. The third kappa shape index (κ3) is 2.14. The molecule has 0 unspecified atom stereocenters. The highest BCUT2D eigenvalue weighted by Gasteiger charge is 2.14. The minimum absolute atomic E-state index is 0.675. The Morgan fingerprint density at radius 3 is 2.22 bits per heavy atom. The van der Waals surface area contributed by atoms with E-state index in [4.69, 9.17) is 20.4 Å². The Morgan fingerprint density at radius 2 is 1.30 bits per heavy atom. The smallest absolute Gasteiger partial charge is 0.143 e. The number of hydrogen-bond acceptors (Lipinski definition) is 2. The van der Waals surface area contributed by atoms with E-state index in [2.05, 4.69) is 42.5 Å². The Balaban J connectivity index is 1.64. The van der Waals surface area contributed by atoms with Crippen LogP contribution < -0.4 is 0 Å². The summed E-state index contributed by atoms with van der Waals surface area (Å²) in [7, 11) is 0. The summed E-state index contributed by atoms with van der Waals surface area (Å²) in [4.78, 5) is 0. The Bertz CT molecular complexity index is 1490. The van der Waals surface area contributed by atoms with E-state index in [-0.39, 0.29) is 0 Å². The summed E-state index contributed by atoms with van der Waals surface area (Å²) in [6.07, 6.45) is 0. The molecule has 0 atom stereocenters. The molecule has 4 aromatic carbocycles. The van der Waals surface area contributed by atoms with Crippen LogP contribution >= 0.6 is 11.6 Å². The Morgan fingerprint density at radius 1 is 0.556 bits per heavy atom. The second kappa shape index (κ2) is 5.38. The number of halogens is 1. The molecule has 2 aromatic heterocycles. The molecule has 0 amide bonds. The lowest BCUT2D eigenvalue weighted by molar-refractivity contribution is 0.668. The molecule has 2 heterocycles. The first-order valence-corrected chi connectivity index (χ1v) is 9.18. The van der Waals surface area contributed by atoms with Crippen LogP contribution in [0.5, 0.6) is 0 Å². The van der Waals surface area contributed by atoms with Crippen LogP contribution in [0.3, 0.4) is 0 Å². The van der Waals surface area contributed by atoms with Crippen molar-refractivity contribution in [2.75, 3.05) is 0 Å². The van der Waals surface area contributed by atoms with E-state index in [1.807, 2.05) is 36.4 Å². The monoisotopic (exact) mass is 368 g/mol. The van der Waals surface area contributed by atoms with Crippen LogP contribution in [0, 0.1) is 0 Å². The van der Waals surface area contributed by atoms with Gasteiger partial charge >= 0.3 is 0 Å². The summed E-state index contributed by atoms with van der Waals surface area (Å²) in [6.45, 7) is 0. The van der Waals surface area contributed by atoms with Gasteiger partial charge in [0.2, 0.25) is 0 Å². The van der Waals surface area contributed by atoms with E-state index in [9.17, 15) is 0 Å². The van der Waals surface area contributed by atoms with Gasteiger partial charge in [0.05, 0.1) is 0 Å². The van der Waals surface area contributed by atoms with Crippen LogP contribution in [0.15, 0.2) is 87.7 Å². The van der Waals surface area contributed by atoms with Gasteiger partial charge in [0.25, 0.3) is 0 Å². The largest absolute Gasteiger partial charge is 0.456 e. The maximum atomic E-state index is 6.18. The molecule has 0 saturated heterocycles. The van der Waals surface area contributed by atoms with E-state index in [0.717, 1.165) is 55.0 Å². The maximum Gasteiger partial charge on any atom is 0.143 e. The lowest BCUT2D eigenvalue weighted by Gasteiger charge is -2.02. The van der Waals surface area contributed by atoms with Crippen molar-refractivity contribution < 1.29 is 8.83 Å². The highest BCUT2D eigenvalue weighted by Crippen LogP contribution is 2.38. The summed E-state index contributed by atoms with van der Waals surface area (Å²) < 4.78 is 12.2. The van der Waals surface area contributed by atoms with E-state index in [0.29, 0.717) is 5.02 Å². The van der Waals surface area contributed by atoms with Gasteiger partial charge < -0.3 is 8.83 Å². The van der Waals surface area contributed by atoms with Crippen molar-refractivity contribution in [1.29, 1.82) is 0 Å². The molecule has 0 N–H and O–H groups in total. The standard InChI is InChI=1S/C24H13ClO2/c25-15-9-11-19-18-10-8-14(12-22(18)26-23(19)13-15)16-5-3-6-20-17-4-1-2-7-21(17)27-24(16)20/h1-13H. The molecule has 6 rings (SSSR count). The van der Waals surface area contributed by atoms with Crippen molar-refractivity contribution in [2.45, 2.75) is 0 Å². The SMILES string of the molecule is Clc1ccc2c(c1)oc1cc(-c3cccc4c3oc3ccccc34)ccc12. The molecule has 3 heteroatoms. The van der Waals surface area contributed by atoms with Crippen LogP contribution in [0.4, 0.5) is 0 Å². The van der Waals surface area contributed by atoms with E-state index in [1.165, 1.54) is 0 Å². The molecule has 6 aromatic rings. The second-order valence-electron chi connectivity index (χ2n) is 6.73. The van der Waals surface area contributed by atoms with Crippen LogP contribution in [-0.2, 0) is 0 Å². The highest BCUT2D eigenvalue weighted by atomic mass is 35.5. The summed E-state index contributed by atoms with van der Waals surface area (Å²) in [6, 6.07) is 26.4. The van der Waals surface area contributed by atoms with Gasteiger partial charge in [-0.15, -0.1) is 0 Å². The predicted octanol–water partition coefficient (Wildman–Crippen LogP) is 7.81. The number of hydrogen-bond donors (Lipinski definition) is 0. The van der Waals surface area contributed by atoms with Gasteiger partial charge in [-0.2, -0.15) is 0 Å². The zero-order valence-electron chi connectivity index (χ0n) is 14.2. The van der Waals surface area contributed by atoms with Gasteiger partial charge in [0.15, 0.2) is 0 Å². The molecule has 0 fully saturated rings. The lowest BCUT2D eigenvalue weighted by atomic mass is 10.0. The van der Waals surface area contributed by atoms with Crippen LogP contribution in [0.1, 0.15) is 0 Å². The average molecular weight is 369 g/mol. The van der Waals surface area contributed by atoms with Crippen molar-refractivity contribution in [3.63, 3.8) is 0 Å². The fourth-order valence-electron chi connectivity index (χ4n) is 3.89. The number of rotatable bonds is 1. The predicted molar refractivity (Wildman–Crippen MR) is 111 cm³/mol. The Kier molecular flexibility index (Phi) is 2.97. The third-order valence-corrected chi connectivity index (χ3v) is 5.39. The fourth-order valence-corrected chi connectivity index (χ4v) is 4.06. The third-order valence-electron chi connectivity index (χ3n) is 5.15. The van der Waals surface area contributed by atoms with Gasteiger partial charge in [0.1, 0.15) is 22.3 Å². The molecule has 0 aliphatic heterocycles.